The number of halogens is 1. The van der Waals surface area contributed by atoms with Crippen molar-refractivity contribution in [3.63, 3.8) is 0 Å². The molecule has 1 fully saturated rings. The van der Waals surface area contributed by atoms with Crippen LogP contribution in [0.2, 0.25) is 0 Å². The SMILES string of the molecule is CCN1CCC(N[C@H](C)c2ccc(Br)cc2)CC1. The molecule has 1 atom stereocenters. The normalized spacial score (nSPS) is 19.9. The monoisotopic (exact) mass is 310 g/mol. The fraction of sp³-hybridized carbons (Fsp3) is 0.600. The van der Waals surface area contributed by atoms with Crippen molar-refractivity contribution in [3.8, 4) is 0 Å². The third kappa shape index (κ3) is 3.81. The van der Waals surface area contributed by atoms with E-state index >= 15 is 0 Å². The van der Waals surface area contributed by atoms with Gasteiger partial charge in [0, 0.05) is 16.6 Å². The topological polar surface area (TPSA) is 15.3 Å². The van der Waals surface area contributed by atoms with Gasteiger partial charge in [0.05, 0.1) is 0 Å². The molecule has 0 amide bonds. The Hall–Kier alpha value is -0.380. The molecule has 18 heavy (non-hydrogen) atoms. The number of hydrogen-bond acceptors (Lipinski definition) is 2. The largest absolute Gasteiger partial charge is 0.307 e. The predicted octanol–water partition coefficient (Wildman–Crippen LogP) is 3.58. The molecule has 1 heterocycles. The molecule has 1 aromatic carbocycles. The second-order valence-corrected chi connectivity index (χ2v) is 6.06. The van der Waals surface area contributed by atoms with Gasteiger partial charge in [-0.25, -0.2) is 0 Å². The zero-order valence-corrected chi connectivity index (χ0v) is 12.9. The molecule has 0 spiro atoms. The molecular weight excluding hydrogens is 288 g/mol. The zero-order valence-electron chi connectivity index (χ0n) is 11.3. The quantitative estimate of drug-likeness (QED) is 0.914. The van der Waals surface area contributed by atoms with E-state index in [1.54, 1.807) is 0 Å². The Labute approximate surface area is 119 Å². The molecular formula is C15H23BrN2. The van der Waals surface area contributed by atoms with Crippen molar-refractivity contribution in [1.82, 2.24) is 10.2 Å². The van der Waals surface area contributed by atoms with Gasteiger partial charge < -0.3 is 10.2 Å². The van der Waals surface area contributed by atoms with E-state index in [0.29, 0.717) is 12.1 Å². The standard InChI is InChI=1S/C15H23BrN2/c1-3-18-10-8-15(9-11-18)17-12(2)13-4-6-14(16)7-5-13/h4-7,12,15,17H,3,8-11H2,1-2H3/t12-/m1/s1. The van der Waals surface area contributed by atoms with E-state index in [0.717, 1.165) is 4.47 Å². The van der Waals surface area contributed by atoms with Crippen LogP contribution in [-0.4, -0.2) is 30.6 Å². The van der Waals surface area contributed by atoms with Crippen LogP contribution in [0.3, 0.4) is 0 Å². The van der Waals surface area contributed by atoms with Gasteiger partial charge in [0.2, 0.25) is 0 Å². The van der Waals surface area contributed by atoms with Crippen LogP contribution in [-0.2, 0) is 0 Å². The van der Waals surface area contributed by atoms with Crippen molar-refractivity contribution in [2.75, 3.05) is 19.6 Å². The molecule has 0 bridgehead atoms. The lowest BCUT2D eigenvalue weighted by atomic mass is 10.0. The van der Waals surface area contributed by atoms with Gasteiger partial charge in [-0.3, -0.25) is 0 Å². The van der Waals surface area contributed by atoms with Crippen LogP contribution < -0.4 is 5.32 Å². The molecule has 0 radical (unpaired) electrons. The number of piperidine rings is 1. The van der Waals surface area contributed by atoms with E-state index in [9.17, 15) is 0 Å². The van der Waals surface area contributed by atoms with Crippen LogP contribution in [0.5, 0.6) is 0 Å². The molecule has 1 aliphatic heterocycles. The lowest BCUT2D eigenvalue weighted by Crippen LogP contribution is -2.43. The van der Waals surface area contributed by atoms with Gasteiger partial charge in [-0.1, -0.05) is 35.0 Å². The summed E-state index contributed by atoms with van der Waals surface area (Å²) in [6, 6.07) is 9.74. The maximum atomic E-state index is 3.76. The van der Waals surface area contributed by atoms with Gasteiger partial charge in [-0.15, -0.1) is 0 Å². The molecule has 100 valence electrons. The van der Waals surface area contributed by atoms with Crippen LogP contribution in [0, 0.1) is 0 Å². The molecule has 1 aromatic rings. The first-order valence-electron chi connectivity index (χ1n) is 6.93. The summed E-state index contributed by atoms with van der Waals surface area (Å²) in [5.74, 6) is 0. The van der Waals surface area contributed by atoms with Gasteiger partial charge in [-0.05, 0) is 57.1 Å². The molecule has 0 aromatic heterocycles. The summed E-state index contributed by atoms with van der Waals surface area (Å²) in [7, 11) is 0. The van der Waals surface area contributed by atoms with E-state index in [1.807, 2.05) is 0 Å². The first-order valence-corrected chi connectivity index (χ1v) is 7.72. The Kier molecular flexibility index (Phi) is 5.22. The van der Waals surface area contributed by atoms with E-state index in [1.165, 1.54) is 38.0 Å². The Morgan fingerprint density at radius 3 is 2.44 bits per heavy atom. The van der Waals surface area contributed by atoms with Gasteiger partial charge in [0.25, 0.3) is 0 Å². The number of hydrogen-bond donors (Lipinski definition) is 1. The van der Waals surface area contributed by atoms with Crippen LogP contribution >= 0.6 is 15.9 Å². The van der Waals surface area contributed by atoms with Crippen LogP contribution in [0.1, 0.15) is 38.3 Å². The van der Waals surface area contributed by atoms with Crippen molar-refractivity contribution in [3.05, 3.63) is 34.3 Å². The number of nitrogens with one attached hydrogen (secondary N) is 1. The highest BCUT2D eigenvalue weighted by Crippen LogP contribution is 2.19. The van der Waals surface area contributed by atoms with Crippen molar-refractivity contribution in [2.45, 2.75) is 38.8 Å². The van der Waals surface area contributed by atoms with E-state index in [4.69, 9.17) is 0 Å². The zero-order chi connectivity index (χ0) is 13.0. The van der Waals surface area contributed by atoms with Crippen molar-refractivity contribution >= 4 is 15.9 Å². The summed E-state index contributed by atoms with van der Waals surface area (Å²) >= 11 is 3.48. The number of likely N-dealkylation sites (tertiary alicyclic amines) is 1. The van der Waals surface area contributed by atoms with Gasteiger partial charge in [0.1, 0.15) is 0 Å². The third-order valence-electron chi connectivity index (χ3n) is 3.89. The summed E-state index contributed by atoms with van der Waals surface area (Å²) < 4.78 is 1.15. The third-order valence-corrected chi connectivity index (χ3v) is 4.42. The molecule has 0 unspecified atom stereocenters. The van der Waals surface area contributed by atoms with Gasteiger partial charge in [0.15, 0.2) is 0 Å². The van der Waals surface area contributed by atoms with Crippen LogP contribution in [0.4, 0.5) is 0 Å². The van der Waals surface area contributed by atoms with E-state index in [2.05, 4.69) is 64.3 Å². The molecule has 0 aliphatic carbocycles. The molecule has 2 nitrogen and oxygen atoms in total. The molecule has 1 N–H and O–H groups in total. The Morgan fingerprint density at radius 1 is 1.28 bits per heavy atom. The number of benzene rings is 1. The summed E-state index contributed by atoms with van der Waals surface area (Å²) in [6.45, 7) is 8.17. The molecule has 1 saturated heterocycles. The predicted molar refractivity (Wildman–Crippen MR) is 80.8 cm³/mol. The average molecular weight is 311 g/mol. The highest BCUT2D eigenvalue weighted by atomic mass is 79.9. The summed E-state index contributed by atoms with van der Waals surface area (Å²) in [4.78, 5) is 2.53. The molecule has 3 heteroatoms. The maximum Gasteiger partial charge on any atom is 0.0294 e. The summed E-state index contributed by atoms with van der Waals surface area (Å²) in [6.07, 6.45) is 2.55. The van der Waals surface area contributed by atoms with Crippen molar-refractivity contribution in [2.24, 2.45) is 0 Å². The molecule has 1 aliphatic rings. The minimum absolute atomic E-state index is 0.441. The second-order valence-electron chi connectivity index (χ2n) is 5.15. The first-order chi connectivity index (χ1) is 8.69. The van der Waals surface area contributed by atoms with Gasteiger partial charge in [-0.2, -0.15) is 0 Å². The molecule has 0 saturated carbocycles. The smallest absolute Gasteiger partial charge is 0.0294 e. The Bertz CT molecular complexity index is 355. The van der Waals surface area contributed by atoms with Crippen LogP contribution in [0.15, 0.2) is 28.7 Å². The minimum Gasteiger partial charge on any atom is -0.307 e. The van der Waals surface area contributed by atoms with E-state index in [-0.39, 0.29) is 0 Å². The number of rotatable bonds is 4. The summed E-state index contributed by atoms with van der Waals surface area (Å²) in [5, 5.41) is 3.76. The summed E-state index contributed by atoms with van der Waals surface area (Å²) in [5.41, 5.74) is 1.37. The lowest BCUT2D eigenvalue weighted by Gasteiger charge is -2.33. The highest BCUT2D eigenvalue weighted by Gasteiger charge is 2.19. The molecule has 2 rings (SSSR count). The number of nitrogens with zero attached hydrogens (tertiary/aromatic N) is 1. The van der Waals surface area contributed by atoms with Crippen molar-refractivity contribution in [1.29, 1.82) is 0 Å². The lowest BCUT2D eigenvalue weighted by molar-refractivity contribution is 0.200. The Morgan fingerprint density at radius 2 is 1.89 bits per heavy atom. The average Bonchev–Trinajstić information content (AvgIpc) is 2.40. The van der Waals surface area contributed by atoms with Crippen LogP contribution in [0.25, 0.3) is 0 Å². The second kappa shape index (κ2) is 6.69. The highest BCUT2D eigenvalue weighted by molar-refractivity contribution is 9.10. The fourth-order valence-corrected chi connectivity index (χ4v) is 2.88. The maximum absolute atomic E-state index is 3.76. The fourth-order valence-electron chi connectivity index (χ4n) is 2.62. The first kappa shape index (κ1) is 14.0. The van der Waals surface area contributed by atoms with Crippen molar-refractivity contribution < 1.29 is 0 Å². The van der Waals surface area contributed by atoms with Gasteiger partial charge >= 0.3 is 0 Å². The minimum atomic E-state index is 0.441. The van der Waals surface area contributed by atoms with E-state index < -0.39 is 0 Å². The Balaban J connectivity index is 1.84.